The number of piperidine rings is 2. The van der Waals surface area contributed by atoms with Crippen molar-refractivity contribution in [2.75, 3.05) is 31.1 Å². The second-order valence-electron chi connectivity index (χ2n) is 7.81. The topological polar surface area (TPSA) is 49.3 Å². The van der Waals surface area contributed by atoms with Gasteiger partial charge in [-0.05, 0) is 79.8 Å². The van der Waals surface area contributed by atoms with Crippen molar-refractivity contribution in [3.05, 3.63) is 51.9 Å². The van der Waals surface area contributed by atoms with Gasteiger partial charge in [-0.2, -0.15) is 0 Å². The molecule has 0 radical (unpaired) electrons. The van der Waals surface area contributed by atoms with Gasteiger partial charge in [0, 0.05) is 42.5 Å². The molecular formula is C22H29BrN4O. The number of ketones is 1. The maximum atomic E-state index is 13.0. The first-order valence-corrected chi connectivity index (χ1v) is 11.0. The Bertz CT molecular complexity index is 848. The van der Waals surface area contributed by atoms with Crippen LogP contribution in [0.4, 0.5) is 5.82 Å². The molecule has 0 amide bonds. The predicted octanol–water partition coefficient (Wildman–Crippen LogP) is 4.48. The van der Waals surface area contributed by atoms with Crippen LogP contribution in [0, 0.1) is 6.92 Å². The van der Waals surface area contributed by atoms with E-state index < -0.39 is 0 Å². The fourth-order valence-electron chi connectivity index (χ4n) is 4.34. The van der Waals surface area contributed by atoms with Crippen LogP contribution >= 0.6 is 15.9 Å². The third-order valence-corrected chi connectivity index (χ3v) is 6.39. The van der Waals surface area contributed by atoms with Crippen molar-refractivity contribution in [2.45, 2.75) is 45.1 Å². The summed E-state index contributed by atoms with van der Waals surface area (Å²) in [6.07, 6.45) is 8.13. The van der Waals surface area contributed by atoms with Gasteiger partial charge in [0.25, 0.3) is 0 Å². The van der Waals surface area contributed by atoms with Crippen molar-refractivity contribution in [1.82, 2.24) is 14.9 Å². The molecule has 5 nitrogen and oxygen atoms in total. The Hall–Kier alpha value is -1.79. The summed E-state index contributed by atoms with van der Waals surface area (Å²) < 4.78 is 0.803. The lowest BCUT2D eigenvalue weighted by Crippen LogP contribution is -2.47. The molecule has 2 fully saturated rings. The highest BCUT2D eigenvalue weighted by Gasteiger charge is 2.26. The fraction of sp³-hybridized carbons (Fsp3) is 0.500. The molecule has 4 rings (SSSR count). The number of rotatable bonds is 4. The molecule has 2 aromatic heterocycles. The molecule has 28 heavy (non-hydrogen) atoms. The van der Waals surface area contributed by atoms with E-state index in [4.69, 9.17) is 4.98 Å². The Kier molecular flexibility index (Phi) is 6.07. The molecule has 2 aliphatic rings. The highest BCUT2D eigenvalue weighted by Crippen LogP contribution is 2.24. The summed E-state index contributed by atoms with van der Waals surface area (Å²) in [4.78, 5) is 26.9. The van der Waals surface area contributed by atoms with Crippen LogP contribution in [0.3, 0.4) is 0 Å². The van der Waals surface area contributed by atoms with E-state index in [-0.39, 0.29) is 7.21 Å². The Labute approximate surface area is 176 Å². The van der Waals surface area contributed by atoms with Gasteiger partial charge >= 0.3 is 0 Å². The van der Waals surface area contributed by atoms with Crippen LogP contribution in [0.15, 0.2) is 34.9 Å². The van der Waals surface area contributed by atoms with Crippen LogP contribution < -0.4 is 4.90 Å². The largest absolute Gasteiger partial charge is 0.356 e. The van der Waals surface area contributed by atoms with Gasteiger partial charge in [-0.3, -0.25) is 9.78 Å². The average molecular weight is 445 g/mol. The fourth-order valence-corrected chi connectivity index (χ4v) is 4.68. The molecule has 150 valence electrons. The first kappa shape index (κ1) is 19.5. The smallest absolute Gasteiger partial charge is 0.213 e. The number of nitrogens with zero attached hydrogens (tertiary/aromatic N) is 4. The SMILES string of the molecule is Cc1ncc(Br)cc1C(=O)c1cccc(N2CCC(N3CCCCC3)CC2)n1.[HH]. The maximum Gasteiger partial charge on any atom is 0.213 e. The summed E-state index contributed by atoms with van der Waals surface area (Å²) >= 11 is 3.41. The number of halogens is 1. The Morgan fingerprint density at radius 3 is 2.64 bits per heavy atom. The average Bonchev–Trinajstić information content (AvgIpc) is 2.76. The van der Waals surface area contributed by atoms with Crippen molar-refractivity contribution in [1.29, 1.82) is 0 Å². The number of aromatic nitrogens is 2. The van der Waals surface area contributed by atoms with Crippen molar-refractivity contribution in [3.63, 3.8) is 0 Å². The first-order chi connectivity index (χ1) is 13.6. The number of hydrogen-bond acceptors (Lipinski definition) is 5. The van der Waals surface area contributed by atoms with Crippen molar-refractivity contribution in [3.8, 4) is 0 Å². The van der Waals surface area contributed by atoms with Gasteiger partial charge in [0.15, 0.2) is 0 Å². The molecule has 0 aromatic carbocycles. The third-order valence-electron chi connectivity index (χ3n) is 5.96. The molecule has 0 spiro atoms. The van der Waals surface area contributed by atoms with Gasteiger partial charge in [0.05, 0.1) is 0 Å². The zero-order chi connectivity index (χ0) is 19.5. The van der Waals surface area contributed by atoms with Crippen LogP contribution in [0.25, 0.3) is 0 Å². The van der Waals surface area contributed by atoms with E-state index >= 15 is 0 Å². The molecule has 2 aliphatic heterocycles. The van der Waals surface area contributed by atoms with Crippen LogP contribution in [0.2, 0.25) is 0 Å². The summed E-state index contributed by atoms with van der Waals surface area (Å²) in [6, 6.07) is 8.28. The van der Waals surface area contributed by atoms with Crippen molar-refractivity contribution < 1.29 is 6.22 Å². The lowest BCUT2D eigenvalue weighted by atomic mass is 10.00. The lowest BCUT2D eigenvalue weighted by molar-refractivity contribution is 0.103. The molecule has 2 aromatic rings. The van der Waals surface area contributed by atoms with Crippen LogP contribution in [-0.4, -0.2) is 52.9 Å². The second kappa shape index (κ2) is 8.70. The van der Waals surface area contributed by atoms with E-state index in [1.807, 2.05) is 25.1 Å². The van der Waals surface area contributed by atoms with E-state index in [2.05, 4.69) is 30.7 Å². The van der Waals surface area contributed by atoms with Gasteiger partial charge < -0.3 is 9.80 Å². The predicted molar refractivity (Wildman–Crippen MR) is 117 cm³/mol. The van der Waals surface area contributed by atoms with Gasteiger partial charge in [-0.25, -0.2) is 4.98 Å². The Morgan fingerprint density at radius 1 is 1.14 bits per heavy atom. The molecule has 0 bridgehead atoms. The quantitative estimate of drug-likeness (QED) is 0.650. The Morgan fingerprint density at radius 2 is 1.89 bits per heavy atom. The third kappa shape index (κ3) is 4.28. The minimum Gasteiger partial charge on any atom is -0.356 e. The molecule has 0 aliphatic carbocycles. The summed E-state index contributed by atoms with van der Waals surface area (Å²) in [5, 5.41) is 0. The van der Waals surface area contributed by atoms with Crippen molar-refractivity contribution in [2.24, 2.45) is 0 Å². The summed E-state index contributed by atoms with van der Waals surface area (Å²) in [7, 11) is 0. The number of carbonyl (C=O) groups is 1. The van der Waals surface area contributed by atoms with Gasteiger partial charge in [-0.1, -0.05) is 12.5 Å². The molecule has 6 heteroatoms. The summed E-state index contributed by atoms with van der Waals surface area (Å²) in [6.45, 7) is 6.38. The highest BCUT2D eigenvalue weighted by atomic mass is 79.9. The number of hydrogen-bond donors (Lipinski definition) is 0. The number of likely N-dealkylation sites (tertiary alicyclic amines) is 1. The van der Waals surface area contributed by atoms with Crippen LogP contribution in [-0.2, 0) is 0 Å². The summed E-state index contributed by atoms with van der Waals surface area (Å²) in [5.74, 6) is 0.833. The van der Waals surface area contributed by atoms with E-state index in [1.165, 1.54) is 45.2 Å². The highest BCUT2D eigenvalue weighted by molar-refractivity contribution is 9.10. The number of carbonyl (C=O) groups excluding carboxylic acids is 1. The Balaban J connectivity index is 0.00000240. The van der Waals surface area contributed by atoms with Crippen LogP contribution in [0.1, 0.15) is 55.3 Å². The first-order valence-electron chi connectivity index (χ1n) is 10.2. The molecule has 0 N–H and O–H groups in total. The minimum atomic E-state index is -0.0728. The molecule has 0 unspecified atom stereocenters. The van der Waals surface area contributed by atoms with Crippen molar-refractivity contribution >= 4 is 27.5 Å². The number of anilines is 1. The monoisotopic (exact) mass is 444 g/mol. The van der Waals surface area contributed by atoms with E-state index in [0.717, 1.165) is 29.1 Å². The second-order valence-corrected chi connectivity index (χ2v) is 8.73. The lowest BCUT2D eigenvalue weighted by Gasteiger charge is -2.40. The molecule has 0 saturated carbocycles. The molecule has 4 heterocycles. The van der Waals surface area contributed by atoms with E-state index in [1.54, 1.807) is 12.3 Å². The normalized spacial score (nSPS) is 19.0. The number of pyridine rings is 2. The van der Waals surface area contributed by atoms with E-state index in [0.29, 0.717) is 17.3 Å². The zero-order valence-electron chi connectivity index (χ0n) is 16.4. The molecular weight excluding hydrogens is 416 g/mol. The van der Waals surface area contributed by atoms with Crippen LogP contribution in [0.5, 0.6) is 0 Å². The van der Waals surface area contributed by atoms with E-state index in [9.17, 15) is 4.79 Å². The summed E-state index contributed by atoms with van der Waals surface area (Å²) in [5.41, 5.74) is 1.81. The maximum absolute atomic E-state index is 13.0. The number of aryl methyl sites for hydroxylation is 1. The van der Waals surface area contributed by atoms with Gasteiger partial charge in [0.1, 0.15) is 11.5 Å². The minimum absolute atomic E-state index is 0. The standard InChI is InChI=1S/C22H27BrN4O.H2/c1-16-19(14-17(23)15-24-16)22(28)20-6-5-7-21(25-20)27-12-8-18(9-13-27)26-10-3-2-4-11-26;/h5-7,14-15,18H,2-4,8-13H2,1H3;1H. The van der Waals surface area contributed by atoms with Gasteiger partial charge in [0.2, 0.25) is 5.78 Å². The molecule has 2 saturated heterocycles. The zero-order valence-corrected chi connectivity index (χ0v) is 18.0. The molecule has 0 atom stereocenters. The van der Waals surface area contributed by atoms with Gasteiger partial charge in [-0.15, -0.1) is 0 Å².